The molecule has 0 amide bonds. The number of Topliss-reactive ketones (excluding diaryl/α,β-unsaturated/α-hetero) is 1. The van der Waals surface area contributed by atoms with Gasteiger partial charge in [0.2, 0.25) is 0 Å². The molecule has 1 fully saturated rings. The molecule has 6 heteroatoms. The number of rotatable bonds is 1. The summed E-state index contributed by atoms with van der Waals surface area (Å²) in [5.74, 6) is -2.50. The number of phenolic OH excluding ortho intramolecular Hbond substituents is 3. The lowest BCUT2D eigenvalue weighted by Crippen LogP contribution is -2.14. The van der Waals surface area contributed by atoms with E-state index in [2.05, 4.69) is 0 Å². The zero-order valence-electron chi connectivity index (χ0n) is 11.2. The Hall–Kier alpha value is -2.24. The van der Waals surface area contributed by atoms with Gasteiger partial charge in [0.15, 0.2) is 17.2 Å². The summed E-state index contributed by atoms with van der Waals surface area (Å²) in [7, 11) is 0. The van der Waals surface area contributed by atoms with Gasteiger partial charge in [-0.2, -0.15) is 0 Å². The molecule has 0 heterocycles. The molecule has 1 aromatic carbocycles. The van der Waals surface area contributed by atoms with E-state index in [1.807, 2.05) is 6.92 Å². The van der Waals surface area contributed by atoms with E-state index in [1.165, 1.54) is 6.42 Å². The summed E-state index contributed by atoms with van der Waals surface area (Å²) in [5.41, 5.74) is -0.289. The standard InChI is InChI=1S/C7H6O5.C7H12O/c8-4-1-3(7(11)12)2-5(9)6(4)10;1-6-4-2-3-5-7(6)8/h1-2,8-10H,(H,11,12);6H,2-5H2,1H3. The lowest BCUT2D eigenvalue weighted by Gasteiger charge is -2.14. The van der Waals surface area contributed by atoms with Crippen molar-refractivity contribution in [2.24, 2.45) is 5.92 Å². The fraction of sp³-hybridized carbons (Fsp3) is 0.429. The van der Waals surface area contributed by atoms with Crippen molar-refractivity contribution in [3.63, 3.8) is 0 Å². The number of carboxylic acids is 1. The molecule has 0 spiro atoms. The van der Waals surface area contributed by atoms with Gasteiger partial charge in [0.05, 0.1) is 5.56 Å². The fourth-order valence-electron chi connectivity index (χ4n) is 1.88. The number of carboxylic acid groups (broad SMARTS) is 1. The van der Waals surface area contributed by atoms with Gasteiger partial charge in [0.25, 0.3) is 0 Å². The van der Waals surface area contributed by atoms with Crippen LogP contribution in [0.4, 0.5) is 0 Å². The first-order valence-corrected chi connectivity index (χ1v) is 6.34. The highest BCUT2D eigenvalue weighted by Crippen LogP contribution is 2.35. The molecule has 0 radical (unpaired) electrons. The molecule has 1 aliphatic carbocycles. The molecule has 2 rings (SSSR count). The highest BCUT2D eigenvalue weighted by atomic mass is 16.4. The van der Waals surface area contributed by atoms with Crippen LogP contribution in [0.1, 0.15) is 43.0 Å². The van der Waals surface area contributed by atoms with E-state index in [-0.39, 0.29) is 5.56 Å². The normalized spacial score (nSPS) is 18.1. The van der Waals surface area contributed by atoms with Crippen LogP contribution >= 0.6 is 0 Å². The Morgan fingerprint density at radius 1 is 1.15 bits per heavy atom. The zero-order valence-corrected chi connectivity index (χ0v) is 11.2. The molecule has 1 atom stereocenters. The molecule has 20 heavy (non-hydrogen) atoms. The molecule has 6 nitrogen and oxygen atoms in total. The van der Waals surface area contributed by atoms with Gasteiger partial charge in [0.1, 0.15) is 5.78 Å². The van der Waals surface area contributed by atoms with E-state index in [4.69, 9.17) is 20.4 Å². The van der Waals surface area contributed by atoms with Crippen molar-refractivity contribution >= 4 is 11.8 Å². The summed E-state index contributed by atoms with van der Waals surface area (Å²) in [6.07, 6.45) is 4.34. The van der Waals surface area contributed by atoms with Crippen LogP contribution in [-0.2, 0) is 4.79 Å². The van der Waals surface area contributed by atoms with Crippen LogP contribution in [0.15, 0.2) is 12.1 Å². The van der Waals surface area contributed by atoms with Gasteiger partial charge >= 0.3 is 5.97 Å². The van der Waals surface area contributed by atoms with Crippen LogP contribution in [0.3, 0.4) is 0 Å². The number of phenols is 3. The van der Waals surface area contributed by atoms with Crippen molar-refractivity contribution in [1.82, 2.24) is 0 Å². The highest BCUT2D eigenvalue weighted by molar-refractivity contribution is 5.89. The Morgan fingerprint density at radius 2 is 1.70 bits per heavy atom. The Balaban J connectivity index is 0.000000217. The fourth-order valence-corrected chi connectivity index (χ4v) is 1.88. The van der Waals surface area contributed by atoms with Crippen LogP contribution in [0.2, 0.25) is 0 Å². The summed E-state index contributed by atoms with van der Waals surface area (Å²) < 4.78 is 0. The predicted molar refractivity (Wildman–Crippen MR) is 71.0 cm³/mol. The van der Waals surface area contributed by atoms with Crippen LogP contribution in [0, 0.1) is 5.92 Å². The van der Waals surface area contributed by atoms with E-state index in [0.717, 1.165) is 31.4 Å². The quantitative estimate of drug-likeness (QED) is 0.587. The first-order chi connectivity index (χ1) is 9.32. The van der Waals surface area contributed by atoms with Crippen LogP contribution < -0.4 is 0 Å². The monoisotopic (exact) mass is 282 g/mol. The minimum absolute atomic E-state index is 0.289. The van der Waals surface area contributed by atoms with Crippen molar-refractivity contribution in [3.05, 3.63) is 17.7 Å². The number of hydrogen-bond acceptors (Lipinski definition) is 5. The average Bonchev–Trinajstić information content (AvgIpc) is 2.39. The van der Waals surface area contributed by atoms with Crippen molar-refractivity contribution in [2.75, 3.05) is 0 Å². The van der Waals surface area contributed by atoms with Crippen molar-refractivity contribution in [3.8, 4) is 17.2 Å². The van der Waals surface area contributed by atoms with Gasteiger partial charge < -0.3 is 20.4 Å². The van der Waals surface area contributed by atoms with Crippen LogP contribution in [0.25, 0.3) is 0 Å². The van der Waals surface area contributed by atoms with Gasteiger partial charge in [-0.15, -0.1) is 0 Å². The molecule has 0 aliphatic heterocycles. The summed E-state index contributed by atoms with van der Waals surface area (Å²) >= 11 is 0. The Labute approximate surface area is 116 Å². The van der Waals surface area contributed by atoms with E-state index in [1.54, 1.807) is 0 Å². The number of carbonyl (C=O) groups excluding carboxylic acids is 1. The summed E-state index contributed by atoms with van der Waals surface area (Å²) in [6, 6.07) is 1.69. The van der Waals surface area contributed by atoms with E-state index >= 15 is 0 Å². The van der Waals surface area contributed by atoms with E-state index in [0.29, 0.717) is 11.7 Å². The first kappa shape index (κ1) is 15.8. The van der Waals surface area contributed by atoms with Gasteiger partial charge in [-0.3, -0.25) is 4.79 Å². The SMILES string of the molecule is CC1CCCCC1=O.O=C(O)c1cc(O)c(O)c(O)c1. The Kier molecular flexibility index (Phi) is 5.37. The second kappa shape index (κ2) is 6.79. The topological polar surface area (TPSA) is 115 Å². The van der Waals surface area contributed by atoms with Gasteiger partial charge in [-0.1, -0.05) is 13.3 Å². The number of hydrogen-bond donors (Lipinski definition) is 4. The largest absolute Gasteiger partial charge is 0.504 e. The number of ketones is 1. The molecule has 1 saturated carbocycles. The van der Waals surface area contributed by atoms with Gasteiger partial charge in [-0.25, -0.2) is 4.79 Å². The molecule has 1 aliphatic rings. The molecule has 0 bridgehead atoms. The van der Waals surface area contributed by atoms with Crippen molar-refractivity contribution < 1.29 is 30.0 Å². The maximum atomic E-state index is 10.8. The van der Waals surface area contributed by atoms with Crippen molar-refractivity contribution in [1.29, 1.82) is 0 Å². The molecule has 110 valence electrons. The Bertz CT molecular complexity index is 485. The van der Waals surface area contributed by atoms with E-state index < -0.39 is 23.2 Å². The molecule has 4 N–H and O–H groups in total. The number of carbonyl (C=O) groups is 2. The van der Waals surface area contributed by atoms with E-state index in [9.17, 15) is 9.59 Å². The van der Waals surface area contributed by atoms with Gasteiger partial charge in [0, 0.05) is 12.3 Å². The molecular weight excluding hydrogens is 264 g/mol. The third-order valence-electron chi connectivity index (χ3n) is 3.18. The first-order valence-electron chi connectivity index (χ1n) is 6.34. The number of aromatic carboxylic acids is 1. The maximum Gasteiger partial charge on any atom is 0.335 e. The molecule has 0 aromatic heterocycles. The zero-order chi connectivity index (χ0) is 15.3. The summed E-state index contributed by atoms with van der Waals surface area (Å²) in [5, 5.41) is 35.0. The molecule has 1 unspecified atom stereocenters. The number of benzene rings is 1. The predicted octanol–water partition coefficient (Wildman–Crippen LogP) is 2.27. The molecule has 1 aromatic rings. The number of aromatic hydroxyl groups is 3. The second-order valence-corrected chi connectivity index (χ2v) is 4.78. The Morgan fingerprint density at radius 3 is 2.05 bits per heavy atom. The van der Waals surface area contributed by atoms with Gasteiger partial charge in [-0.05, 0) is 25.0 Å². The minimum Gasteiger partial charge on any atom is -0.504 e. The van der Waals surface area contributed by atoms with Crippen LogP contribution in [-0.4, -0.2) is 32.2 Å². The summed E-state index contributed by atoms with van der Waals surface area (Å²) in [6.45, 7) is 2.03. The average molecular weight is 282 g/mol. The molecular formula is C14H18O6. The smallest absolute Gasteiger partial charge is 0.335 e. The lowest BCUT2D eigenvalue weighted by molar-refractivity contribution is -0.123. The lowest BCUT2D eigenvalue weighted by atomic mass is 9.90. The maximum absolute atomic E-state index is 10.8. The third kappa shape index (κ3) is 4.15. The minimum atomic E-state index is -1.29. The highest BCUT2D eigenvalue weighted by Gasteiger charge is 2.16. The third-order valence-corrected chi connectivity index (χ3v) is 3.18. The second-order valence-electron chi connectivity index (χ2n) is 4.78. The van der Waals surface area contributed by atoms with Crippen molar-refractivity contribution in [2.45, 2.75) is 32.6 Å². The summed E-state index contributed by atoms with van der Waals surface area (Å²) in [4.78, 5) is 21.1. The van der Waals surface area contributed by atoms with Crippen LogP contribution in [0.5, 0.6) is 17.2 Å². The molecule has 0 saturated heterocycles.